The van der Waals surface area contributed by atoms with Gasteiger partial charge in [-0.05, 0) is 75.4 Å². The van der Waals surface area contributed by atoms with Crippen molar-refractivity contribution in [2.45, 2.75) is 79.8 Å². The van der Waals surface area contributed by atoms with E-state index in [2.05, 4.69) is 13.8 Å². The molecule has 0 aromatic rings. The first-order valence-corrected chi connectivity index (χ1v) is 12.4. The number of carbonyl (C=O) groups is 4. The van der Waals surface area contributed by atoms with Crippen LogP contribution in [0.25, 0.3) is 0 Å². The molecule has 0 spiro atoms. The third-order valence-corrected chi connectivity index (χ3v) is 9.20. The fourth-order valence-electron chi connectivity index (χ4n) is 7.59. The molecule has 3 aliphatic rings. The van der Waals surface area contributed by atoms with Crippen LogP contribution in [0.15, 0.2) is 47.1 Å². The van der Waals surface area contributed by atoms with Gasteiger partial charge < -0.3 is 9.84 Å². The highest BCUT2D eigenvalue weighted by molar-refractivity contribution is 6.01. The number of esters is 1. The minimum absolute atomic E-state index is 0.0318. The number of Topliss-reactive ketones (excluding diaryl/α,β-unsaturated/α-hetero) is 1. The molecule has 6 atom stereocenters. The Morgan fingerprint density at radius 1 is 1.00 bits per heavy atom. The van der Waals surface area contributed by atoms with Crippen molar-refractivity contribution < 1.29 is 29.0 Å². The molecule has 6 heteroatoms. The maximum atomic E-state index is 13.4. The van der Waals surface area contributed by atoms with Crippen molar-refractivity contribution in [1.29, 1.82) is 0 Å². The summed E-state index contributed by atoms with van der Waals surface area (Å²) in [5, 5.41) is 10.3. The van der Waals surface area contributed by atoms with Crippen LogP contribution in [0, 0.1) is 28.1 Å². The average molecular weight is 483 g/mol. The Kier molecular flexibility index (Phi) is 7.45. The van der Waals surface area contributed by atoms with Gasteiger partial charge >= 0.3 is 11.9 Å². The van der Waals surface area contributed by atoms with Crippen LogP contribution in [0.1, 0.15) is 73.6 Å². The number of rotatable bonds is 6. The lowest BCUT2D eigenvalue weighted by Gasteiger charge is -2.61. The number of fused-ring (bicyclic) bond motifs is 3. The summed E-state index contributed by atoms with van der Waals surface area (Å²) in [6.45, 7) is 11.2. The zero-order chi connectivity index (χ0) is 26.2. The van der Waals surface area contributed by atoms with E-state index in [-0.39, 0.29) is 28.4 Å². The Labute approximate surface area is 208 Å². The molecule has 0 aliphatic heterocycles. The van der Waals surface area contributed by atoms with E-state index < -0.39 is 23.5 Å². The SMILES string of the molecule is CC(=O)O[C@@H]1CC[C@@]2(C)[C@@H](CC[C@]3(C)\C(=C(C)/C=C/C=C(C)/C=C/C=O)C(=O)C[C@@H]23)[C@@]1(C)C(=O)O. The molecule has 0 unspecified atom stereocenters. The zero-order valence-corrected chi connectivity index (χ0v) is 21.7. The number of carboxylic acid groups (broad SMARTS) is 1. The number of aldehydes is 1. The fraction of sp³-hybridized carbons (Fsp3) is 0.586. The molecule has 0 bridgehead atoms. The predicted molar refractivity (Wildman–Crippen MR) is 133 cm³/mol. The van der Waals surface area contributed by atoms with Gasteiger partial charge in [0.05, 0.1) is 0 Å². The first kappa shape index (κ1) is 26.8. The van der Waals surface area contributed by atoms with Crippen molar-refractivity contribution >= 4 is 24.0 Å². The Morgan fingerprint density at radius 2 is 1.69 bits per heavy atom. The number of ether oxygens (including phenoxy) is 1. The largest absolute Gasteiger partial charge is 0.481 e. The van der Waals surface area contributed by atoms with Gasteiger partial charge in [0, 0.05) is 24.3 Å². The van der Waals surface area contributed by atoms with Gasteiger partial charge in [0.2, 0.25) is 0 Å². The average Bonchev–Trinajstić information content (AvgIpc) is 3.05. The molecule has 0 saturated heterocycles. The number of allylic oxidation sites excluding steroid dienone is 8. The summed E-state index contributed by atoms with van der Waals surface area (Å²) in [5.74, 6) is -1.41. The van der Waals surface area contributed by atoms with Gasteiger partial charge in [0.25, 0.3) is 0 Å². The summed E-state index contributed by atoms with van der Waals surface area (Å²) < 4.78 is 5.53. The Balaban J connectivity index is 1.99. The monoisotopic (exact) mass is 482 g/mol. The standard InChI is InChI=1S/C29H38O6/c1-18(10-8-16-30)9-7-11-19(2)25-21(32)17-23-27(4)15-13-24(35-20(3)31)29(6,26(33)34)22(27)12-14-28(23,25)5/h7-11,16,22-24H,12-15,17H2,1-6H3,(H,33,34)/b10-8+,11-7+,18-9+,25-19-/t22-,23+,24-,27+,28+,29-/m1/s1. The topological polar surface area (TPSA) is 97.7 Å². The van der Waals surface area contributed by atoms with Crippen LogP contribution in [0.5, 0.6) is 0 Å². The molecule has 190 valence electrons. The van der Waals surface area contributed by atoms with Crippen LogP contribution in [-0.4, -0.2) is 35.2 Å². The maximum absolute atomic E-state index is 13.4. The lowest BCUT2D eigenvalue weighted by atomic mass is 9.42. The first-order chi connectivity index (χ1) is 16.3. The van der Waals surface area contributed by atoms with Crippen LogP contribution in [0.4, 0.5) is 0 Å². The Bertz CT molecular complexity index is 1050. The predicted octanol–water partition coefficient (Wildman–Crippen LogP) is 5.39. The van der Waals surface area contributed by atoms with Crippen molar-refractivity contribution in [3.8, 4) is 0 Å². The van der Waals surface area contributed by atoms with Crippen LogP contribution in [0.2, 0.25) is 0 Å². The molecule has 3 rings (SSSR count). The van der Waals surface area contributed by atoms with Gasteiger partial charge in [-0.15, -0.1) is 0 Å². The summed E-state index contributed by atoms with van der Waals surface area (Å²) in [6.07, 6.45) is 12.0. The molecule has 35 heavy (non-hydrogen) atoms. The van der Waals surface area contributed by atoms with Crippen molar-refractivity contribution in [2.24, 2.45) is 28.1 Å². The maximum Gasteiger partial charge on any atom is 0.313 e. The molecule has 6 nitrogen and oxygen atoms in total. The van der Waals surface area contributed by atoms with E-state index in [0.717, 1.165) is 35.8 Å². The number of hydrogen-bond donors (Lipinski definition) is 1. The van der Waals surface area contributed by atoms with E-state index in [1.54, 1.807) is 13.0 Å². The van der Waals surface area contributed by atoms with E-state index in [1.165, 1.54) is 13.0 Å². The number of hydrogen-bond acceptors (Lipinski definition) is 5. The van der Waals surface area contributed by atoms with E-state index in [4.69, 9.17) is 4.74 Å². The lowest BCUT2D eigenvalue weighted by molar-refractivity contribution is -0.204. The van der Waals surface area contributed by atoms with Crippen molar-refractivity contribution in [3.63, 3.8) is 0 Å². The van der Waals surface area contributed by atoms with Gasteiger partial charge in [-0.1, -0.05) is 43.7 Å². The summed E-state index contributed by atoms with van der Waals surface area (Å²) in [6, 6.07) is 0. The first-order valence-electron chi connectivity index (χ1n) is 12.4. The number of carboxylic acids is 1. The molecule has 0 heterocycles. The minimum atomic E-state index is -1.19. The van der Waals surface area contributed by atoms with Gasteiger partial charge in [-0.25, -0.2) is 0 Å². The second-order valence-electron chi connectivity index (χ2n) is 11.2. The van der Waals surface area contributed by atoms with Gasteiger partial charge in [0.15, 0.2) is 5.78 Å². The van der Waals surface area contributed by atoms with Crippen LogP contribution in [-0.2, 0) is 23.9 Å². The molecule has 0 aromatic carbocycles. The van der Waals surface area contributed by atoms with Gasteiger partial charge in [-0.2, -0.15) is 0 Å². The van der Waals surface area contributed by atoms with Gasteiger partial charge in [0.1, 0.15) is 17.8 Å². The quantitative estimate of drug-likeness (QED) is 0.236. The molecule has 3 fully saturated rings. The smallest absolute Gasteiger partial charge is 0.313 e. The van der Waals surface area contributed by atoms with E-state index in [9.17, 15) is 24.3 Å². The normalized spacial score (nSPS) is 38.9. The van der Waals surface area contributed by atoms with Gasteiger partial charge in [-0.3, -0.25) is 19.2 Å². The summed E-state index contributed by atoms with van der Waals surface area (Å²) in [4.78, 5) is 48.3. The lowest BCUT2D eigenvalue weighted by Crippen LogP contribution is -2.61. The third kappa shape index (κ3) is 4.48. The number of carbonyl (C=O) groups excluding carboxylic acids is 3. The summed E-state index contributed by atoms with van der Waals surface area (Å²) >= 11 is 0. The second-order valence-corrected chi connectivity index (χ2v) is 11.2. The summed E-state index contributed by atoms with van der Waals surface area (Å²) in [7, 11) is 0. The molecule has 3 aliphatic carbocycles. The Hall–Kier alpha value is -2.76. The van der Waals surface area contributed by atoms with E-state index in [1.807, 2.05) is 32.1 Å². The summed E-state index contributed by atoms with van der Waals surface area (Å²) in [5.41, 5.74) is 0.835. The van der Waals surface area contributed by atoms with E-state index >= 15 is 0 Å². The highest BCUT2D eigenvalue weighted by Crippen LogP contribution is 2.69. The molecular weight excluding hydrogens is 444 g/mol. The highest BCUT2D eigenvalue weighted by Gasteiger charge is 2.68. The molecular formula is C29H38O6. The minimum Gasteiger partial charge on any atom is -0.481 e. The second kappa shape index (κ2) is 9.71. The molecule has 1 N–H and O–H groups in total. The fourth-order valence-corrected chi connectivity index (χ4v) is 7.59. The number of ketones is 1. The Morgan fingerprint density at radius 3 is 2.29 bits per heavy atom. The van der Waals surface area contributed by atoms with Crippen molar-refractivity contribution in [1.82, 2.24) is 0 Å². The zero-order valence-electron chi connectivity index (χ0n) is 21.7. The van der Waals surface area contributed by atoms with E-state index in [0.29, 0.717) is 19.3 Å². The van der Waals surface area contributed by atoms with Crippen molar-refractivity contribution in [3.05, 3.63) is 47.1 Å². The molecule has 0 amide bonds. The molecule has 0 aromatic heterocycles. The van der Waals surface area contributed by atoms with Crippen LogP contribution < -0.4 is 0 Å². The molecule has 0 radical (unpaired) electrons. The molecule has 3 saturated carbocycles. The van der Waals surface area contributed by atoms with Crippen LogP contribution >= 0.6 is 0 Å². The third-order valence-electron chi connectivity index (χ3n) is 9.20. The van der Waals surface area contributed by atoms with Crippen LogP contribution in [0.3, 0.4) is 0 Å². The van der Waals surface area contributed by atoms with Crippen molar-refractivity contribution in [2.75, 3.05) is 0 Å². The number of aliphatic carboxylic acids is 1. The highest BCUT2D eigenvalue weighted by atomic mass is 16.5.